The van der Waals surface area contributed by atoms with Crippen LogP contribution in [0.4, 0.5) is 0 Å². The number of hydrogen-bond acceptors (Lipinski definition) is 4. The van der Waals surface area contributed by atoms with Gasteiger partial charge in [-0.25, -0.2) is 0 Å². The molecule has 104 valence electrons. The smallest absolute Gasteiger partial charge is 0.220 e. The summed E-state index contributed by atoms with van der Waals surface area (Å²) in [6.07, 6.45) is 3.41. The predicted octanol–water partition coefficient (Wildman–Crippen LogP) is 0.667. The Morgan fingerprint density at radius 1 is 1.42 bits per heavy atom. The molecule has 0 radical (unpaired) electrons. The first-order valence-corrected chi connectivity index (χ1v) is 6.79. The van der Waals surface area contributed by atoms with Gasteiger partial charge in [-0.05, 0) is 45.0 Å². The lowest BCUT2D eigenvalue weighted by atomic mass is 9.93. The number of aromatic nitrogens is 1. The molecule has 5 nitrogen and oxygen atoms in total. The Bertz CT molecular complexity index is 413. The third-order valence-corrected chi connectivity index (χ3v) is 3.81. The average molecular weight is 262 g/mol. The highest BCUT2D eigenvalue weighted by Gasteiger charge is 2.30. The maximum atomic E-state index is 11.2. The zero-order chi connectivity index (χ0) is 13.8. The highest BCUT2D eigenvalue weighted by molar-refractivity contribution is 5.76. The monoisotopic (exact) mass is 262 g/mol. The summed E-state index contributed by atoms with van der Waals surface area (Å²) in [7, 11) is 0. The summed E-state index contributed by atoms with van der Waals surface area (Å²) in [5.74, 6) is -0.177. The van der Waals surface area contributed by atoms with Crippen molar-refractivity contribution in [3.8, 4) is 0 Å². The van der Waals surface area contributed by atoms with Gasteiger partial charge < -0.3 is 11.5 Å². The Hall–Kier alpha value is -1.46. The first-order chi connectivity index (χ1) is 9.09. The molecule has 5 heteroatoms. The van der Waals surface area contributed by atoms with Gasteiger partial charge in [-0.3, -0.25) is 14.7 Å². The van der Waals surface area contributed by atoms with E-state index >= 15 is 0 Å². The molecule has 19 heavy (non-hydrogen) atoms. The molecule has 1 saturated heterocycles. The molecule has 1 aromatic heterocycles. The van der Waals surface area contributed by atoms with Crippen LogP contribution in [0.5, 0.6) is 0 Å². The van der Waals surface area contributed by atoms with E-state index in [0.717, 1.165) is 31.6 Å². The molecule has 2 unspecified atom stereocenters. The predicted molar refractivity (Wildman–Crippen MR) is 74.1 cm³/mol. The van der Waals surface area contributed by atoms with Gasteiger partial charge in [0.05, 0.1) is 11.7 Å². The van der Waals surface area contributed by atoms with E-state index in [1.54, 1.807) is 6.20 Å². The van der Waals surface area contributed by atoms with Gasteiger partial charge in [0.15, 0.2) is 0 Å². The molecule has 1 aliphatic rings. The summed E-state index contributed by atoms with van der Waals surface area (Å²) in [5, 5.41) is 0. The molecule has 0 spiro atoms. The van der Waals surface area contributed by atoms with Gasteiger partial charge in [-0.1, -0.05) is 6.07 Å². The van der Waals surface area contributed by atoms with Gasteiger partial charge in [0.25, 0.3) is 0 Å². The lowest BCUT2D eigenvalue weighted by molar-refractivity contribution is -0.123. The fraction of sp³-hybridized carbons (Fsp3) is 0.571. The summed E-state index contributed by atoms with van der Waals surface area (Å²) in [6, 6.07) is 6.00. The van der Waals surface area contributed by atoms with Crippen molar-refractivity contribution in [3.05, 3.63) is 30.1 Å². The number of piperidine rings is 1. The maximum absolute atomic E-state index is 11.2. The van der Waals surface area contributed by atoms with E-state index < -0.39 is 0 Å². The molecule has 0 bridgehead atoms. The van der Waals surface area contributed by atoms with Crippen molar-refractivity contribution in [1.29, 1.82) is 0 Å². The van der Waals surface area contributed by atoms with Crippen LogP contribution in [0.2, 0.25) is 0 Å². The molecule has 0 saturated carbocycles. The summed E-state index contributed by atoms with van der Waals surface area (Å²) in [6.45, 7) is 3.69. The van der Waals surface area contributed by atoms with Crippen LogP contribution in [-0.4, -0.2) is 34.9 Å². The van der Waals surface area contributed by atoms with Crippen LogP contribution >= 0.6 is 0 Å². The van der Waals surface area contributed by atoms with Crippen LogP contribution < -0.4 is 11.5 Å². The topological polar surface area (TPSA) is 85.2 Å². The largest absolute Gasteiger partial charge is 0.369 e. The van der Waals surface area contributed by atoms with E-state index in [9.17, 15) is 4.79 Å². The number of carbonyl (C=O) groups excluding carboxylic acids is 1. The normalized spacial score (nSPS) is 20.9. The second-order valence-electron chi connectivity index (χ2n) is 5.27. The molecular formula is C14H22N4O. The number of primary amides is 1. The number of likely N-dealkylation sites (tertiary alicyclic amines) is 1. The van der Waals surface area contributed by atoms with Crippen LogP contribution in [0.1, 0.15) is 31.5 Å². The Balaban J connectivity index is 2.08. The van der Waals surface area contributed by atoms with Gasteiger partial charge in [-0.15, -0.1) is 0 Å². The number of amides is 1. The van der Waals surface area contributed by atoms with Gasteiger partial charge in [0.2, 0.25) is 5.91 Å². The number of nitrogens with two attached hydrogens (primary N) is 2. The van der Waals surface area contributed by atoms with Crippen LogP contribution in [0.3, 0.4) is 0 Å². The van der Waals surface area contributed by atoms with Crippen molar-refractivity contribution in [2.75, 3.05) is 13.1 Å². The highest BCUT2D eigenvalue weighted by Crippen LogP contribution is 2.27. The molecule has 0 aliphatic carbocycles. The average Bonchev–Trinajstić information content (AvgIpc) is 2.40. The van der Waals surface area contributed by atoms with Crippen LogP contribution in [0, 0.1) is 5.92 Å². The van der Waals surface area contributed by atoms with Gasteiger partial charge in [0, 0.05) is 18.2 Å². The fourth-order valence-electron chi connectivity index (χ4n) is 2.80. The minimum atomic E-state index is -0.185. The third kappa shape index (κ3) is 3.30. The SMILES string of the molecule is CC(N)C(c1ccccn1)N1CCC(C(N)=O)CC1. The number of carbonyl (C=O) groups is 1. The van der Waals surface area contributed by atoms with Crippen molar-refractivity contribution in [2.45, 2.75) is 31.8 Å². The second kappa shape index (κ2) is 6.12. The summed E-state index contributed by atoms with van der Waals surface area (Å²) < 4.78 is 0. The van der Waals surface area contributed by atoms with E-state index in [-0.39, 0.29) is 23.9 Å². The number of hydrogen-bond donors (Lipinski definition) is 2. The molecule has 1 aliphatic heterocycles. The molecule has 1 amide bonds. The molecule has 0 aromatic carbocycles. The third-order valence-electron chi connectivity index (χ3n) is 3.81. The summed E-state index contributed by atoms with van der Waals surface area (Å²) >= 11 is 0. The minimum Gasteiger partial charge on any atom is -0.369 e. The highest BCUT2D eigenvalue weighted by atomic mass is 16.1. The van der Waals surface area contributed by atoms with E-state index in [4.69, 9.17) is 11.5 Å². The minimum absolute atomic E-state index is 0.0000260. The Labute approximate surface area is 114 Å². The van der Waals surface area contributed by atoms with Crippen molar-refractivity contribution < 1.29 is 4.79 Å². The van der Waals surface area contributed by atoms with Crippen molar-refractivity contribution in [3.63, 3.8) is 0 Å². The fourth-order valence-corrected chi connectivity index (χ4v) is 2.80. The van der Waals surface area contributed by atoms with E-state index in [1.807, 2.05) is 25.1 Å². The first-order valence-electron chi connectivity index (χ1n) is 6.79. The Kier molecular flexibility index (Phi) is 4.50. The Morgan fingerprint density at radius 2 is 2.11 bits per heavy atom. The molecule has 4 N–H and O–H groups in total. The van der Waals surface area contributed by atoms with Gasteiger partial charge in [-0.2, -0.15) is 0 Å². The Morgan fingerprint density at radius 3 is 2.58 bits per heavy atom. The zero-order valence-electron chi connectivity index (χ0n) is 11.3. The van der Waals surface area contributed by atoms with Crippen LogP contribution in [0.25, 0.3) is 0 Å². The van der Waals surface area contributed by atoms with Crippen molar-refractivity contribution in [2.24, 2.45) is 17.4 Å². The van der Waals surface area contributed by atoms with Crippen molar-refractivity contribution in [1.82, 2.24) is 9.88 Å². The maximum Gasteiger partial charge on any atom is 0.220 e. The van der Waals surface area contributed by atoms with E-state index in [1.165, 1.54) is 0 Å². The lowest BCUT2D eigenvalue weighted by Crippen LogP contribution is -2.45. The quantitative estimate of drug-likeness (QED) is 0.835. The molecule has 1 aromatic rings. The molecule has 1 fully saturated rings. The molecule has 2 heterocycles. The second-order valence-corrected chi connectivity index (χ2v) is 5.27. The standard InChI is InChI=1S/C14H22N4O/c1-10(15)13(12-4-2-3-7-17-12)18-8-5-11(6-9-18)14(16)19/h2-4,7,10-11,13H,5-6,8-9,15H2,1H3,(H2,16,19). The lowest BCUT2D eigenvalue weighted by Gasteiger charge is -2.38. The zero-order valence-corrected chi connectivity index (χ0v) is 11.3. The summed E-state index contributed by atoms with van der Waals surface area (Å²) in [5.41, 5.74) is 12.5. The summed E-state index contributed by atoms with van der Waals surface area (Å²) in [4.78, 5) is 17.9. The molecule has 2 rings (SSSR count). The number of rotatable bonds is 4. The van der Waals surface area contributed by atoms with Gasteiger partial charge in [0.1, 0.15) is 0 Å². The van der Waals surface area contributed by atoms with Crippen LogP contribution in [0.15, 0.2) is 24.4 Å². The molecular weight excluding hydrogens is 240 g/mol. The number of pyridine rings is 1. The van der Waals surface area contributed by atoms with Gasteiger partial charge >= 0.3 is 0 Å². The number of nitrogens with zero attached hydrogens (tertiary/aromatic N) is 2. The molecule has 2 atom stereocenters. The van der Waals surface area contributed by atoms with Crippen LogP contribution in [-0.2, 0) is 4.79 Å². The first kappa shape index (κ1) is 14.0. The van der Waals surface area contributed by atoms with E-state index in [0.29, 0.717) is 0 Å². The van der Waals surface area contributed by atoms with E-state index in [2.05, 4.69) is 9.88 Å². The van der Waals surface area contributed by atoms with Crippen molar-refractivity contribution >= 4 is 5.91 Å².